The minimum Gasteiger partial charge on any atom is -0.496 e. The number of methoxy groups -OCH3 is 1. The van der Waals surface area contributed by atoms with Gasteiger partial charge in [-0.3, -0.25) is 10.2 Å². The van der Waals surface area contributed by atoms with Crippen molar-refractivity contribution in [2.75, 3.05) is 20.2 Å². The Hall–Kier alpha value is -1.84. The molecule has 0 bridgehead atoms. The highest BCUT2D eigenvalue weighted by Gasteiger charge is 2.48. The van der Waals surface area contributed by atoms with Crippen LogP contribution in [0.4, 0.5) is 0 Å². The van der Waals surface area contributed by atoms with Gasteiger partial charge in [-0.05, 0) is 23.8 Å². The minimum atomic E-state index is 0.108. The van der Waals surface area contributed by atoms with Gasteiger partial charge in [0.2, 0.25) is 0 Å². The molecule has 0 aromatic heterocycles. The van der Waals surface area contributed by atoms with E-state index in [0.717, 1.165) is 24.3 Å². The van der Waals surface area contributed by atoms with E-state index < -0.39 is 0 Å². The SMILES string of the molecule is COc1ccccc1CC(=N)N1CC2C(=O)CCC(C)(C)C2C1. The van der Waals surface area contributed by atoms with Gasteiger partial charge in [0.25, 0.3) is 0 Å². The van der Waals surface area contributed by atoms with Crippen molar-refractivity contribution in [3.05, 3.63) is 29.8 Å². The number of nitrogens with zero attached hydrogens (tertiary/aromatic N) is 1. The molecule has 0 amide bonds. The number of nitrogens with one attached hydrogen (secondary N) is 1. The molecule has 1 saturated heterocycles. The molecule has 0 radical (unpaired) electrons. The Morgan fingerprint density at radius 3 is 2.78 bits per heavy atom. The molecular weight excluding hydrogens is 288 g/mol. The highest BCUT2D eigenvalue weighted by atomic mass is 16.5. The Morgan fingerprint density at radius 1 is 1.35 bits per heavy atom. The van der Waals surface area contributed by atoms with Crippen LogP contribution >= 0.6 is 0 Å². The second kappa shape index (κ2) is 5.99. The summed E-state index contributed by atoms with van der Waals surface area (Å²) < 4.78 is 5.38. The highest BCUT2D eigenvalue weighted by molar-refractivity contribution is 5.86. The summed E-state index contributed by atoms with van der Waals surface area (Å²) in [6, 6.07) is 7.85. The number of amidine groups is 1. The number of carbonyl (C=O) groups is 1. The molecule has 23 heavy (non-hydrogen) atoms. The van der Waals surface area contributed by atoms with Crippen LogP contribution in [0.2, 0.25) is 0 Å². The number of benzene rings is 1. The van der Waals surface area contributed by atoms with E-state index in [2.05, 4.69) is 18.7 Å². The minimum absolute atomic E-state index is 0.108. The lowest BCUT2D eigenvalue weighted by molar-refractivity contribution is -0.128. The molecule has 1 aliphatic heterocycles. The first-order valence-corrected chi connectivity index (χ1v) is 8.39. The lowest BCUT2D eigenvalue weighted by atomic mass is 9.64. The van der Waals surface area contributed by atoms with Crippen LogP contribution in [-0.2, 0) is 11.2 Å². The Labute approximate surface area is 138 Å². The first-order chi connectivity index (χ1) is 10.9. The Morgan fingerprint density at radius 2 is 2.09 bits per heavy atom. The molecule has 1 saturated carbocycles. The van der Waals surface area contributed by atoms with Crippen molar-refractivity contribution in [3.8, 4) is 5.75 Å². The molecule has 0 spiro atoms. The van der Waals surface area contributed by atoms with Gasteiger partial charge in [0.1, 0.15) is 17.4 Å². The molecule has 2 aliphatic rings. The van der Waals surface area contributed by atoms with E-state index in [1.807, 2.05) is 24.3 Å². The number of likely N-dealkylation sites (tertiary alicyclic amines) is 1. The van der Waals surface area contributed by atoms with Crippen molar-refractivity contribution < 1.29 is 9.53 Å². The Kier molecular flexibility index (Phi) is 4.17. The number of ketones is 1. The van der Waals surface area contributed by atoms with Crippen molar-refractivity contribution in [1.29, 1.82) is 5.41 Å². The second-order valence-electron chi connectivity index (χ2n) is 7.51. The fraction of sp³-hybridized carbons (Fsp3) is 0.579. The van der Waals surface area contributed by atoms with Gasteiger partial charge in [-0.25, -0.2) is 0 Å². The molecule has 1 aromatic rings. The molecule has 1 aliphatic carbocycles. The summed E-state index contributed by atoms with van der Waals surface area (Å²) in [6.45, 7) is 6.08. The zero-order valence-electron chi connectivity index (χ0n) is 14.3. The summed E-state index contributed by atoms with van der Waals surface area (Å²) in [5.74, 6) is 2.29. The Balaban J connectivity index is 1.73. The maximum atomic E-state index is 12.3. The van der Waals surface area contributed by atoms with Crippen LogP contribution in [0.5, 0.6) is 5.75 Å². The lowest BCUT2D eigenvalue weighted by Gasteiger charge is -2.38. The second-order valence-corrected chi connectivity index (χ2v) is 7.51. The molecule has 2 atom stereocenters. The van der Waals surface area contributed by atoms with Gasteiger partial charge in [-0.1, -0.05) is 32.0 Å². The number of carbonyl (C=O) groups excluding carboxylic acids is 1. The van der Waals surface area contributed by atoms with Crippen LogP contribution in [0.25, 0.3) is 0 Å². The van der Waals surface area contributed by atoms with Crippen LogP contribution in [0.1, 0.15) is 32.3 Å². The van der Waals surface area contributed by atoms with E-state index in [1.54, 1.807) is 7.11 Å². The molecule has 4 nitrogen and oxygen atoms in total. The zero-order chi connectivity index (χ0) is 16.6. The van der Waals surface area contributed by atoms with Crippen LogP contribution < -0.4 is 4.74 Å². The first kappa shape index (κ1) is 16.0. The van der Waals surface area contributed by atoms with Crippen LogP contribution in [0.3, 0.4) is 0 Å². The molecule has 1 aromatic carbocycles. The average molecular weight is 314 g/mol. The predicted octanol–water partition coefficient (Wildman–Crippen LogP) is 3.15. The van der Waals surface area contributed by atoms with Gasteiger partial charge in [0, 0.05) is 37.4 Å². The third-order valence-corrected chi connectivity index (χ3v) is 5.69. The summed E-state index contributed by atoms with van der Waals surface area (Å²) in [4.78, 5) is 14.4. The molecule has 2 fully saturated rings. The number of hydrogen-bond donors (Lipinski definition) is 1. The fourth-order valence-electron chi connectivity index (χ4n) is 4.10. The van der Waals surface area contributed by atoms with Gasteiger partial charge in [-0.2, -0.15) is 0 Å². The molecule has 124 valence electrons. The average Bonchev–Trinajstić information content (AvgIpc) is 2.99. The maximum Gasteiger partial charge on any atom is 0.138 e. The third kappa shape index (κ3) is 2.99. The molecule has 4 heteroatoms. The summed E-state index contributed by atoms with van der Waals surface area (Å²) in [6.07, 6.45) is 2.22. The van der Waals surface area contributed by atoms with Gasteiger partial charge in [0.15, 0.2) is 0 Å². The van der Waals surface area contributed by atoms with Crippen molar-refractivity contribution in [2.45, 2.75) is 33.1 Å². The third-order valence-electron chi connectivity index (χ3n) is 5.69. The maximum absolute atomic E-state index is 12.3. The van der Waals surface area contributed by atoms with Crippen LogP contribution in [-0.4, -0.2) is 36.7 Å². The smallest absolute Gasteiger partial charge is 0.138 e. The normalized spacial score (nSPS) is 26.0. The van der Waals surface area contributed by atoms with E-state index in [9.17, 15) is 4.79 Å². The number of para-hydroxylation sites is 1. The zero-order valence-corrected chi connectivity index (χ0v) is 14.3. The van der Waals surface area contributed by atoms with E-state index in [-0.39, 0.29) is 11.3 Å². The first-order valence-electron chi connectivity index (χ1n) is 8.39. The molecule has 3 rings (SSSR count). The number of fused-ring (bicyclic) bond motifs is 1. The van der Waals surface area contributed by atoms with Crippen molar-refractivity contribution in [3.63, 3.8) is 0 Å². The molecule has 1 heterocycles. The highest BCUT2D eigenvalue weighted by Crippen LogP contribution is 2.46. The summed E-state index contributed by atoms with van der Waals surface area (Å²) in [5.41, 5.74) is 1.22. The van der Waals surface area contributed by atoms with Crippen LogP contribution in [0, 0.1) is 22.7 Å². The topological polar surface area (TPSA) is 53.4 Å². The predicted molar refractivity (Wildman–Crippen MR) is 91.0 cm³/mol. The number of rotatable bonds is 3. The van der Waals surface area contributed by atoms with Crippen LogP contribution in [0.15, 0.2) is 24.3 Å². The van der Waals surface area contributed by atoms with Gasteiger partial charge >= 0.3 is 0 Å². The number of ether oxygens (including phenoxy) is 1. The Bertz CT molecular complexity index is 624. The standard InChI is InChI=1S/C19H26N2O2/c1-19(2)9-8-16(22)14-11-21(12-15(14)19)18(20)10-13-6-4-5-7-17(13)23-3/h4-7,14-15,20H,8-12H2,1-3H3. The van der Waals surface area contributed by atoms with Gasteiger partial charge < -0.3 is 9.64 Å². The van der Waals surface area contributed by atoms with Crippen molar-refractivity contribution in [2.24, 2.45) is 17.3 Å². The number of hydrogen-bond acceptors (Lipinski definition) is 3. The van der Waals surface area contributed by atoms with Gasteiger partial charge in [0.05, 0.1) is 7.11 Å². The summed E-state index contributed by atoms with van der Waals surface area (Å²) in [7, 11) is 1.66. The van der Waals surface area contributed by atoms with E-state index >= 15 is 0 Å². The monoisotopic (exact) mass is 314 g/mol. The quantitative estimate of drug-likeness (QED) is 0.689. The largest absolute Gasteiger partial charge is 0.496 e. The van der Waals surface area contributed by atoms with Crippen molar-refractivity contribution >= 4 is 11.6 Å². The summed E-state index contributed by atoms with van der Waals surface area (Å²) >= 11 is 0. The molecule has 1 N–H and O–H groups in total. The van der Waals surface area contributed by atoms with Gasteiger partial charge in [-0.15, -0.1) is 0 Å². The van der Waals surface area contributed by atoms with E-state index in [4.69, 9.17) is 10.1 Å². The molecule has 2 unspecified atom stereocenters. The lowest BCUT2D eigenvalue weighted by Crippen LogP contribution is -2.39. The van der Waals surface area contributed by atoms with E-state index in [1.165, 1.54) is 0 Å². The van der Waals surface area contributed by atoms with Crippen molar-refractivity contribution in [1.82, 2.24) is 4.90 Å². The fourth-order valence-corrected chi connectivity index (χ4v) is 4.10. The number of Topliss-reactive ketones (excluding diaryl/α,β-unsaturated/α-hetero) is 1. The summed E-state index contributed by atoms with van der Waals surface area (Å²) in [5, 5.41) is 8.50. The molecular formula is C19H26N2O2. The van der Waals surface area contributed by atoms with E-state index in [0.29, 0.717) is 36.9 Å².